The fourth-order valence-electron chi connectivity index (χ4n) is 2.56. The normalized spacial score (nSPS) is 16.6. The first-order valence-corrected chi connectivity index (χ1v) is 7.42. The molecule has 2 amide bonds. The molecule has 0 saturated carbocycles. The lowest BCUT2D eigenvalue weighted by atomic mass is 9.90. The van der Waals surface area contributed by atoms with Crippen molar-refractivity contribution in [2.45, 2.75) is 18.9 Å². The molecule has 1 heterocycles. The summed E-state index contributed by atoms with van der Waals surface area (Å²) in [5.41, 5.74) is 2.53. The molecule has 0 radical (unpaired) electrons. The number of carbonyl (C=O) groups excluding carboxylic acids is 2. The molecule has 1 aliphatic heterocycles. The number of hydrogen-bond donors (Lipinski definition) is 2. The van der Waals surface area contributed by atoms with Crippen LogP contribution in [0.15, 0.2) is 48.5 Å². The van der Waals surface area contributed by atoms with Gasteiger partial charge in [0.2, 0.25) is 11.8 Å². The molecule has 0 aromatic heterocycles. The highest BCUT2D eigenvalue weighted by molar-refractivity contribution is 6.30. The average Bonchev–Trinajstić information content (AvgIpc) is 2.53. The molecular weight excluding hydrogens is 300 g/mol. The first-order valence-electron chi connectivity index (χ1n) is 7.04. The molecule has 5 heteroatoms. The lowest BCUT2D eigenvalue weighted by Gasteiger charge is -2.24. The third kappa shape index (κ3) is 3.12. The summed E-state index contributed by atoms with van der Waals surface area (Å²) in [6.45, 7) is 0.413. The molecule has 0 fully saturated rings. The van der Waals surface area contributed by atoms with Crippen LogP contribution in [0.2, 0.25) is 5.02 Å². The molecular formula is C17H15ClN2O2. The van der Waals surface area contributed by atoms with E-state index >= 15 is 0 Å². The second-order valence-electron chi connectivity index (χ2n) is 5.24. The maximum atomic E-state index is 12.4. The monoisotopic (exact) mass is 314 g/mol. The summed E-state index contributed by atoms with van der Waals surface area (Å²) in [5.74, 6) is -0.722. The molecule has 2 aromatic carbocycles. The van der Waals surface area contributed by atoms with Gasteiger partial charge in [-0.25, -0.2) is 0 Å². The van der Waals surface area contributed by atoms with E-state index in [0.29, 0.717) is 17.3 Å². The van der Waals surface area contributed by atoms with Crippen LogP contribution in [0.1, 0.15) is 23.5 Å². The highest BCUT2D eigenvalue weighted by atomic mass is 35.5. The van der Waals surface area contributed by atoms with Crippen molar-refractivity contribution < 1.29 is 9.59 Å². The van der Waals surface area contributed by atoms with Crippen LogP contribution in [0, 0.1) is 0 Å². The van der Waals surface area contributed by atoms with E-state index in [9.17, 15) is 9.59 Å². The summed E-state index contributed by atoms with van der Waals surface area (Å²) in [6.07, 6.45) is 0.170. The Hall–Kier alpha value is -2.33. The number of anilines is 1. The topological polar surface area (TPSA) is 58.2 Å². The highest BCUT2D eigenvalue weighted by Crippen LogP contribution is 2.32. The van der Waals surface area contributed by atoms with E-state index in [2.05, 4.69) is 10.6 Å². The van der Waals surface area contributed by atoms with Crippen LogP contribution in [0.4, 0.5) is 5.69 Å². The zero-order chi connectivity index (χ0) is 15.5. The van der Waals surface area contributed by atoms with E-state index in [4.69, 9.17) is 11.6 Å². The Bertz CT molecular complexity index is 713. The minimum atomic E-state index is -0.447. The summed E-state index contributed by atoms with van der Waals surface area (Å²) >= 11 is 5.84. The van der Waals surface area contributed by atoms with E-state index in [1.807, 2.05) is 36.4 Å². The van der Waals surface area contributed by atoms with Crippen molar-refractivity contribution in [1.82, 2.24) is 5.32 Å². The number of rotatable bonds is 3. The zero-order valence-corrected chi connectivity index (χ0v) is 12.6. The predicted molar refractivity (Wildman–Crippen MR) is 85.7 cm³/mol. The molecule has 1 aliphatic rings. The van der Waals surface area contributed by atoms with Gasteiger partial charge in [0.15, 0.2) is 0 Å². The van der Waals surface area contributed by atoms with E-state index in [0.717, 1.165) is 11.1 Å². The second-order valence-corrected chi connectivity index (χ2v) is 5.67. The fraction of sp³-hybridized carbons (Fsp3) is 0.176. The van der Waals surface area contributed by atoms with Gasteiger partial charge in [-0.2, -0.15) is 0 Å². The Morgan fingerprint density at radius 2 is 1.91 bits per heavy atom. The Balaban J connectivity index is 1.72. The number of fused-ring (bicyclic) bond motifs is 1. The van der Waals surface area contributed by atoms with Crippen molar-refractivity contribution in [3.63, 3.8) is 0 Å². The zero-order valence-electron chi connectivity index (χ0n) is 11.8. The van der Waals surface area contributed by atoms with Crippen LogP contribution in [-0.4, -0.2) is 11.8 Å². The number of hydrogen-bond acceptors (Lipinski definition) is 2. The van der Waals surface area contributed by atoms with Crippen molar-refractivity contribution in [3.05, 3.63) is 64.7 Å². The van der Waals surface area contributed by atoms with Gasteiger partial charge < -0.3 is 10.6 Å². The summed E-state index contributed by atoms with van der Waals surface area (Å²) in [6, 6.07) is 14.7. The van der Waals surface area contributed by atoms with Crippen LogP contribution in [-0.2, 0) is 16.1 Å². The standard InChI is InChI=1S/C17H15ClN2O2/c18-12-7-5-11(6-8-12)10-19-17(22)14-9-16(21)20-15-4-2-1-3-13(14)15/h1-8,14H,9-10H2,(H,19,22)(H,20,21). The molecule has 0 spiro atoms. The second kappa shape index (κ2) is 6.20. The van der Waals surface area contributed by atoms with Crippen molar-refractivity contribution in [1.29, 1.82) is 0 Å². The van der Waals surface area contributed by atoms with Gasteiger partial charge >= 0.3 is 0 Å². The van der Waals surface area contributed by atoms with Crippen molar-refractivity contribution in [2.75, 3.05) is 5.32 Å². The molecule has 2 N–H and O–H groups in total. The number of carbonyl (C=O) groups is 2. The summed E-state index contributed by atoms with van der Waals surface area (Å²) in [4.78, 5) is 24.2. The number of amides is 2. The molecule has 1 unspecified atom stereocenters. The van der Waals surface area contributed by atoms with Crippen LogP contribution in [0.25, 0.3) is 0 Å². The lowest BCUT2D eigenvalue weighted by molar-refractivity contribution is -0.126. The Labute approximate surface area is 133 Å². The molecule has 3 rings (SSSR count). The smallest absolute Gasteiger partial charge is 0.228 e. The number of benzene rings is 2. The van der Waals surface area contributed by atoms with Crippen molar-refractivity contribution in [3.8, 4) is 0 Å². The summed E-state index contributed by atoms with van der Waals surface area (Å²) < 4.78 is 0. The van der Waals surface area contributed by atoms with Gasteiger partial charge in [0.25, 0.3) is 0 Å². The maximum Gasteiger partial charge on any atom is 0.228 e. The quantitative estimate of drug-likeness (QED) is 0.914. The van der Waals surface area contributed by atoms with Crippen LogP contribution in [0.3, 0.4) is 0 Å². The molecule has 0 saturated heterocycles. The van der Waals surface area contributed by atoms with Crippen LogP contribution in [0.5, 0.6) is 0 Å². The average molecular weight is 315 g/mol. The van der Waals surface area contributed by atoms with Gasteiger partial charge in [0.05, 0.1) is 5.92 Å². The fourth-order valence-corrected chi connectivity index (χ4v) is 2.69. The summed E-state index contributed by atoms with van der Waals surface area (Å²) in [7, 11) is 0. The third-order valence-corrected chi connectivity index (χ3v) is 3.95. The predicted octanol–water partition coefficient (Wildman–Crippen LogP) is 3.08. The Kier molecular flexibility index (Phi) is 4.11. The van der Waals surface area contributed by atoms with Crippen molar-refractivity contribution in [2.24, 2.45) is 0 Å². The SMILES string of the molecule is O=C1CC(C(=O)NCc2ccc(Cl)cc2)c2ccccc2N1. The minimum Gasteiger partial charge on any atom is -0.351 e. The third-order valence-electron chi connectivity index (χ3n) is 3.70. The highest BCUT2D eigenvalue weighted by Gasteiger charge is 2.30. The first-order chi connectivity index (χ1) is 10.6. The molecule has 1 atom stereocenters. The molecule has 112 valence electrons. The van der Waals surface area contributed by atoms with Gasteiger partial charge in [-0.05, 0) is 29.3 Å². The van der Waals surface area contributed by atoms with Gasteiger partial charge in [0, 0.05) is 23.7 Å². The van der Waals surface area contributed by atoms with E-state index < -0.39 is 5.92 Å². The molecule has 2 aromatic rings. The van der Waals surface area contributed by atoms with Gasteiger partial charge in [0.1, 0.15) is 0 Å². The molecule has 0 bridgehead atoms. The first kappa shape index (κ1) is 14.6. The van der Waals surface area contributed by atoms with Crippen LogP contribution >= 0.6 is 11.6 Å². The Morgan fingerprint density at radius 3 is 2.68 bits per heavy atom. The largest absolute Gasteiger partial charge is 0.351 e. The molecule has 22 heavy (non-hydrogen) atoms. The van der Waals surface area contributed by atoms with E-state index in [-0.39, 0.29) is 18.2 Å². The van der Waals surface area contributed by atoms with Crippen molar-refractivity contribution >= 4 is 29.1 Å². The maximum absolute atomic E-state index is 12.4. The van der Waals surface area contributed by atoms with E-state index in [1.54, 1.807) is 12.1 Å². The van der Waals surface area contributed by atoms with Gasteiger partial charge in [-0.1, -0.05) is 41.9 Å². The number of para-hydroxylation sites is 1. The lowest BCUT2D eigenvalue weighted by Crippen LogP contribution is -2.34. The molecule has 4 nitrogen and oxygen atoms in total. The minimum absolute atomic E-state index is 0.134. The van der Waals surface area contributed by atoms with Crippen LogP contribution < -0.4 is 10.6 Å². The summed E-state index contributed by atoms with van der Waals surface area (Å²) in [5, 5.41) is 6.34. The van der Waals surface area contributed by atoms with Gasteiger partial charge in [-0.15, -0.1) is 0 Å². The Morgan fingerprint density at radius 1 is 1.18 bits per heavy atom. The molecule has 0 aliphatic carbocycles. The number of nitrogens with one attached hydrogen (secondary N) is 2. The number of halogens is 1. The van der Waals surface area contributed by atoms with Gasteiger partial charge in [-0.3, -0.25) is 9.59 Å². The van der Waals surface area contributed by atoms with E-state index in [1.165, 1.54) is 0 Å².